The zero-order valence-electron chi connectivity index (χ0n) is 37.5. The molecule has 2 aromatic heterocycles. The number of fused-ring (bicyclic) bond motifs is 2. The van der Waals surface area contributed by atoms with Crippen LogP contribution in [0.4, 0.5) is 26.0 Å². The van der Waals surface area contributed by atoms with Crippen LogP contribution in [0.15, 0.2) is 78.0 Å². The molecule has 22 heteroatoms. The lowest BCUT2D eigenvalue weighted by atomic mass is 9.72. The van der Waals surface area contributed by atoms with Crippen molar-refractivity contribution in [2.45, 2.75) is 44.3 Å². The molecule has 4 amide bonds. The molecule has 2 atom stereocenters. The second-order valence-electron chi connectivity index (χ2n) is 18.9. The minimum absolute atomic E-state index is 0.00784. The first kappa shape index (κ1) is 45.1. The monoisotopic (exact) mass is 973 g/mol. The van der Waals surface area contributed by atoms with Gasteiger partial charge in [-0.25, -0.2) is 18.7 Å². The predicted octanol–water partition coefficient (Wildman–Crippen LogP) is 3.72. The van der Waals surface area contributed by atoms with Gasteiger partial charge < -0.3 is 19.4 Å². The normalized spacial score (nSPS) is 21.7. The Kier molecular flexibility index (Phi) is 11.1. The molecular formula is C48H45F2N11O8S. The minimum Gasteiger partial charge on any atom is -0.453 e. The summed E-state index contributed by atoms with van der Waals surface area (Å²) in [6, 6.07) is 16.0. The van der Waals surface area contributed by atoms with Gasteiger partial charge in [-0.1, -0.05) is 6.07 Å². The molecule has 5 aromatic rings. The van der Waals surface area contributed by atoms with Crippen LogP contribution < -0.4 is 30.1 Å². The number of nitriles is 1. The number of carbonyl (C=O) groups is 4. The van der Waals surface area contributed by atoms with Crippen molar-refractivity contribution in [2.24, 2.45) is 11.3 Å². The third kappa shape index (κ3) is 7.96. The Morgan fingerprint density at radius 1 is 0.900 bits per heavy atom. The van der Waals surface area contributed by atoms with E-state index in [2.05, 4.69) is 34.7 Å². The van der Waals surface area contributed by atoms with E-state index in [1.165, 1.54) is 29.1 Å². The number of anilines is 3. The van der Waals surface area contributed by atoms with Crippen LogP contribution in [0.5, 0.6) is 11.5 Å². The Bertz CT molecular complexity index is 3240. The third-order valence-electron chi connectivity index (χ3n) is 14.3. The number of rotatable bonds is 11. The van der Waals surface area contributed by atoms with Crippen LogP contribution in [0.25, 0.3) is 16.6 Å². The topological polar surface area (TPSA) is 223 Å². The number of nitrogens with zero attached hydrogens (tertiary/aromatic N) is 9. The first-order valence-electron chi connectivity index (χ1n) is 23.0. The van der Waals surface area contributed by atoms with Gasteiger partial charge in [0, 0.05) is 70.7 Å². The SMILES string of the molecule is N#Cc1c(NS(=O)(=O)N2CC[C@@H](F)C2)ccc(F)c1Oc1ccc2ncn(-c3ccc(N4CC5(CN(CC6CCN(c7cccc8c7C(=O)N(C7CCC(=O)NC7=O)C8=O)CC6)C5)C4)nc3)c(=O)c2c1. The fourth-order valence-electron chi connectivity index (χ4n) is 10.8. The van der Waals surface area contributed by atoms with E-state index in [9.17, 15) is 42.0 Å². The number of likely N-dealkylation sites (tertiary alicyclic amines) is 1. The van der Waals surface area contributed by atoms with Crippen LogP contribution in [0.1, 0.15) is 58.4 Å². The Hall–Kier alpha value is -7.35. The first-order chi connectivity index (χ1) is 33.7. The molecule has 0 aliphatic carbocycles. The van der Waals surface area contributed by atoms with Crippen LogP contribution in [-0.2, 0) is 19.8 Å². The number of piperidine rings is 2. The molecular weight excluding hydrogens is 929 g/mol. The number of ether oxygens (including phenoxy) is 1. The molecule has 0 saturated carbocycles. The predicted molar refractivity (Wildman–Crippen MR) is 249 cm³/mol. The third-order valence-corrected chi connectivity index (χ3v) is 15.8. The summed E-state index contributed by atoms with van der Waals surface area (Å²) in [6.07, 6.45) is 3.72. The maximum Gasteiger partial charge on any atom is 0.301 e. The number of alkyl halides is 1. The molecule has 5 fully saturated rings. The number of hydrogen-bond donors (Lipinski definition) is 2. The molecule has 11 rings (SSSR count). The average molecular weight is 974 g/mol. The van der Waals surface area contributed by atoms with Gasteiger partial charge >= 0.3 is 10.2 Å². The number of aromatic nitrogens is 3. The largest absolute Gasteiger partial charge is 0.453 e. The van der Waals surface area contributed by atoms with Crippen molar-refractivity contribution in [2.75, 3.05) is 73.4 Å². The lowest BCUT2D eigenvalue weighted by Crippen LogP contribution is -2.72. The smallest absolute Gasteiger partial charge is 0.301 e. The number of nitrogens with one attached hydrogen (secondary N) is 2. The Morgan fingerprint density at radius 3 is 2.41 bits per heavy atom. The van der Waals surface area contributed by atoms with Crippen molar-refractivity contribution in [1.29, 1.82) is 5.26 Å². The van der Waals surface area contributed by atoms with Gasteiger partial charge in [0.1, 0.15) is 41.7 Å². The molecule has 1 unspecified atom stereocenters. The number of carbonyl (C=O) groups excluding carboxylic acids is 4. The molecule has 6 aliphatic rings. The standard InChI is InChI=1S/C48H45F2N11O8S/c49-29-14-17-59(22-29)70(67,68)55-37-8-6-35(50)43(34(37)19-51)69-31-5-7-36-33(18-31)45(64)60(27-53-36)30-4-10-40(52-20-30)58-25-48(26-58)23-56(24-48)21-28-12-15-57(16-13-28)38-3-1-2-32-42(38)47(66)61(46(32)65)39-9-11-41(62)54-44(39)63/h1-8,10,18,20,27-29,39,55H,9,11-17,21-26H2,(H,54,62,63)/t29-,39?/m1/s1. The van der Waals surface area contributed by atoms with Crippen LogP contribution in [-0.4, -0.2) is 132 Å². The zero-order valence-corrected chi connectivity index (χ0v) is 38.3. The van der Waals surface area contributed by atoms with Crippen LogP contribution in [0, 0.1) is 28.5 Å². The number of halogens is 2. The molecule has 19 nitrogen and oxygen atoms in total. The number of pyridine rings is 1. The van der Waals surface area contributed by atoms with Crippen molar-refractivity contribution in [3.8, 4) is 23.3 Å². The van der Waals surface area contributed by atoms with E-state index in [-0.39, 0.29) is 60.2 Å². The van der Waals surface area contributed by atoms with Crippen molar-refractivity contribution >= 4 is 61.9 Å². The summed E-state index contributed by atoms with van der Waals surface area (Å²) in [7, 11) is -4.25. The highest BCUT2D eigenvalue weighted by molar-refractivity contribution is 7.90. The van der Waals surface area contributed by atoms with E-state index >= 15 is 4.39 Å². The fraction of sp³-hybridized carbons (Fsp3) is 0.375. The molecule has 360 valence electrons. The van der Waals surface area contributed by atoms with Crippen LogP contribution in [0.3, 0.4) is 0 Å². The van der Waals surface area contributed by atoms with Gasteiger partial charge in [-0.15, -0.1) is 0 Å². The second kappa shape index (κ2) is 17.3. The van der Waals surface area contributed by atoms with Gasteiger partial charge in [0.25, 0.3) is 17.4 Å². The van der Waals surface area contributed by atoms with E-state index in [4.69, 9.17) is 4.74 Å². The van der Waals surface area contributed by atoms with Crippen molar-refractivity contribution in [3.05, 3.63) is 106 Å². The average Bonchev–Trinajstić information content (AvgIpc) is 3.88. The molecule has 2 N–H and O–H groups in total. The van der Waals surface area contributed by atoms with E-state index in [0.717, 1.165) is 85.8 Å². The maximum atomic E-state index is 15.2. The highest BCUT2D eigenvalue weighted by Crippen LogP contribution is 2.43. The van der Waals surface area contributed by atoms with Gasteiger partial charge in [-0.3, -0.25) is 43.5 Å². The molecule has 0 bridgehead atoms. The van der Waals surface area contributed by atoms with Crippen LogP contribution in [0.2, 0.25) is 0 Å². The highest BCUT2D eigenvalue weighted by Gasteiger charge is 2.52. The lowest BCUT2D eigenvalue weighted by molar-refractivity contribution is -0.136. The van der Waals surface area contributed by atoms with E-state index < -0.39 is 68.7 Å². The number of amides is 4. The summed E-state index contributed by atoms with van der Waals surface area (Å²) < 4.78 is 65.1. The van der Waals surface area contributed by atoms with Gasteiger partial charge in [0.05, 0.1) is 45.3 Å². The summed E-state index contributed by atoms with van der Waals surface area (Å²) in [5, 5.41) is 12.3. The summed E-state index contributed by atoms with van der Waals surface area (Å²) in [6.45, 7) is 5.67. The van der Waals surface area contributed by atoms with Crippen LogP contribution >= 0.6 is 0 Å². The first-order valence-corrected chi connectivity index (χ1v) is 24.5. The van der Waals surface area contributed by atoms with Crippen molar-refractivity contribution < 1.29 is 41.1 Å². The van der Waals surface area contributed by atoms with Crippen molar-refractivity contribution in [1.82, 2.24) is 34.0 Å². The number of imide groups is 2. The summed E-state index contributed by atoms with van der Waals surface area (Å²) >= 11 is 0. The maximum absolute atomic E-state index is 15.2. The van der Waals surface area contributed by atoms with Gasteiger partial charge in [-0.2, -0.15) is 18.0 Å². The van der Waals surface area contributed by atoms with E-state index in [0.29, 0.717) is 28.4 Å². The molecule has 70 heavy (non-hydrogen) atoms. The molecule has 5 saturated heterocycles. The minimum atomic E-state index is -4.25. The Labute approximate surface area is 399 Å². The molecule has 6 aliphatic heterocycles. The van der Waals surface area contributed by atoms with Gasteiger partial charge in [-0.05, 0) is 86.2 Å². The molecule has 8 heterocycles. The number of benzene rings is 3. The number of hydrogen-bond acceptors (Lipinski definition) is 14. The summed E-state index contributed by atoms with van der Waals surface area (Å²) in [5.74, 6) is -2.32. The molecule has 3 aromatic carbocycles. The highest BCUT2D eigenvalue weighted by atomic mass is 32.2. The second-order valence-corrected chi connectivity index (χ2v) is 20.6. The summed E-state index contributed by atoms with van der Waals surface area (Å²) in [5.41, 5.74) is 1.12. The van der Waals surface area contributed by atoms with E-state index in [1.807, 2.05) is 12.1 Å². The van der Waals surface area contributed by atoms with E-state index in [1.54, 1.807) is 30.5 Å². The molecule has 0 radical (unpaired) electrons. The zero-order chi connectivity index (χ0) is 48.6. The Morgan fingerprint density at radius 2 is 1.70 bits per heavy atom. The molecule has 1 spiro atoms. The van der Waals surface area contributed by atoms with Crippen molar-refractivity contribution in [3.63, 3.8) is 0 Å². The quantitative estimate of drug-likeness (QED) is 0.180. The van der Waals surface area contributed by atoms with Gasteiger partial charge in [0.15, 0.2) is 11.6 Å². The lowest BCUT2D eigenvalue weighted by Gasteiger charge is -2.61. The fourth-order valence-corrected chi connectivity index (χ4v) is 12.1. The Balaban J connectivity index is 0.687. The van der Waals surface area contributed by atoms with Gasteiger partial charge in [0.2, 0.25) is 11.8 Å². The summed E-state index contributed by atoms with van der Waals surface area (Å²) in [4.78, 5) is 82.1.